The van der Waals surface area contributed by atoms with Crippen LogP contribution in [0.15, 0.2) is 36.4 Å². The second-order valence-electron chi connectivity index (χ2n) is 7.87. The molecular weight excluding hydrogens is 458 g/mol. The Morgan fingerprint density at radius 1 is 0.886 bits per heavy atom. The highest BCUT2D eigenvalue weighted by molar-refractivity contribution is 5.94. The summed E-state index contributed by atoms with van der Waals surface area (Å²) < 4.78 is 20.2. The molecule has 10 nitrogen and oxygen atoms in total. The van der Waals surface area contributed by atoms with Gasteiger partial charge in [-0.25, -0.2) is 4.79 Å². The molecule has 0 heterocycles. The van der Waals surface area contributed by atoms with Crippen molar-refractivity contribution in [2.75, 3.05) is 6.61 Å². The molecule has 0 spiro atoms. The van der Waals surface area contributed by atoms with Crippen LogP contribution in [0.1, 0.15) is 61.1 Å². The molecule has 0 bridgehead atoms. The largest absolute Gasteiger partial charge is 0.452 e. The fourth-order valence-electron chi connectivity index (χ4n) is 3.75. The number of esters is 4. The van der Waals surface area contributed by atoms with E-state index in [-0.39, 0.29) is 28.9 Å². The molecule has 0 fully saturated rings. The van der Waals surface area contributed by atoms with Crippen LogP contribution in [-0.4, -0.2) is 36.4 Å². The van der Waals surface area contributed by atoms with Crippen LogP contribution in [0.5, 0.6) is 17.2 Å². The first-order chi connectivity index (χ1) is 16.6. The smallest absolute Gasteiger partial charge is 0.338 e. The number of rotatable bonds is 7. The summed E-state index contributed by atoms with van der Waals surface area (Å²) in [5, 5.41) is 2.88. The van der Waals surface area contributed by atoms with Crippen LogP contribution in [0.3, 0.4) is 0 Å². The van der Waals surface area contributed by atoms with Gasteiger partial charge in [0.15, 0.2) is 18.1 Å². The van der Waals surface area contributed by atoms with E-state index in [9.17, 15) is 24.0 Å². The van der Waals surface area contributed by atoms with Crippen LogP contribution in [-0.2, 0) is 30.3 Å². The Morgan fingerprint density at radius 3 is 2.09 bits per heavy atom. The first kappa shape index (κ1) is 25.4. The van der Waals surface area contributed by atoms with Crippen LogP contribution in [0.4, 0.5) is 0 Å². The minimum absolute atomic E-state index is 0.180. The number of carbonyl (C=O) groups is 5. The monoisotopic (exact) mass is 483 g/mol. The SMILES string of the molecule is CC(=O)Oc1cc(C(=O)OCC(=O)N[C@H]2CCCc3ccccc32)cc(OC(C)=O)c1OC(C)=O. The van der Waals surface area contributed by atoms with Crippen LogP contribution in [0.25, 0.3) is 0 Å². The zero-order chi connectivity index (χ0) is 25.5. The molecular formula is C25H25NO9. The van der Waals surface area contributed by atoms with Gasteiger partial charge in [0.2, 0.25) is 5.75 Å². The third-order valence-electron chi connectivity index (χ3n) is 5.05. The fourth-order valence-corrected chi connectivity index (χ4v) is 3.75. The first-order valence-electron chi connectivity index (χ1n) is 10.9. The number of fused-ring (bicyclic) bond motifs is 1. The molecule has 0 aromatic heterocycles. The Kier molecular flexibility index (Phi) is 8.19. The average molecular weight is 483 g/mol. The Morgan fingerprint density at radius 2 is 1.49 bits per heavy atom. The minimum Gasteiger partial charge on any atom is -0.452 e. The van der Waals surface area contributed by atoms with Gasteiger partial charge in [-0.3, -0.25) is 19.2 Å². The second kappa shape index (κ2) is 11.3. The zero-order valence-corrected chi connectivity index (χ0v) is 19.5. The summed E-state index contributed by atoms with van der Waals surface area (Å²) in [6.45, 7) is 2.74. The molecule has 10 heteroatoms. The van der Waals surface area contributed by atoms with E-state index in [1.54, 1.807) is 0 Å². The predicted molar refractivity (Wildman–Crippen MR) is 121 cm³/mol. The molecule has 1 amide bonds. The van der Waals surface area contributed by atoms with Crippen molar-refractivity contribution in [1.82, 2.24) is 5.32 Å². The molecule has 0 saturated carbocycles. The van der Waals surface area contributed by atoms with Crippen LogP contribution in [0.2, 0.25) is 0 Å². The molecule has 1 aliphatic rings. The number of carbonyl (C=O) groups excluding carboxylic acids is 5. The van der Waals surface area contributed by atoms with Gasteiger partial charge in [-0.1, -0.05) is 24.3 Å². The molecule has 0 unspecified atom stereocenters. The molecule has 184 valence electrons. The van der Waals surface area contributed by atoms with Crippen molar-refractivity contribution < 1.29 is 42.9 Å². The van der Waals surface area contributed by atoms with Gasteiger partial charge < -0.3 is 24.3 Å². The Hall–Kier alpha value is -4.21. The molecule has 2 aromatic rings. The molecule has 3 rings (SSSR count). The van der Waals surface area contributed by atoms with Crippen molar-refractivity contribution in [2.45, 2.75) is 46.1 Å². The summed E-state index contributed by atoms with van der Waals surface area (Å²) in [7, 11) is 0. The van der Waals surface area contributed by atoms with Crippen molar-refractivity contribution in [3.05, 3.63) is 53.1 Å². The summed E-state index contributed by atoms with van der Waals surface area (Å²) in [6.07, 6.45) is 2.64. The Balaban J connectivity index is 1.75. The number of benzene rings is 2. The molecule has 1 atom stereocenters. The molecule has 1 N–H and O–H groups in total. The number of hydrogen-bond acceptors (Lipinski definition) is 9. The van der Waals surface area contributed by atoms with E-state index in [0.29, 0.717) is 0 Å². The number of aryl methyl sites for hydroxylation is 1. The lowest BCUT2D eigenvalue weighted by atomic mass is 9.88. The van der Waals surface area contributed by atoms with Crippen LogP contribution < -0.4 is 19.5 Å². The van der Waals surface area contributed by atoms with Gasteiger partial charge in [0.25, 0.3) is 5.91 Å². The molecule has 35 heavy (non-hydrogen) atoms. The van der Waals surface area contributed by atoms with Crippen molar-refractivity contribution >= 4 is 29.8 Å². The van der Waals surface area contributed by atoms with E-state index in [1.807, 2.05) is 24.3 Å². The zero-order valence-electron chi connectivity index (χ0n) is 19.5. The molecule has 0 radical (unpaired) electrons. The number of amides is 1. The summed E-state index contributed by atoms with van der Waals surface area (Å²) in [5.41, 5.74) is 2.02. The van der Waals surface area contributed by atoms with Gasteiger partial charge in [0.05, 0.1) is 11.6 Å². The first-order valence-corrected chi connectivity index (χ1v) is 10.9. The molecule has 0 saturated heterocycles. The number of ether oxygens (including phenoxy) is 4. The lowest BCUT2D eigenvalue weighted by molar-refractivity contribution is -0.135. The quantitative estimate of drug-likeness (QED) is 0.466. The van der Waals surface area contributed by atoms with Gasteiger partial charge in [-0.05, 0) is 42.5 Å². The van der Waals surface area contributed by atoms with E-state index in [2.05, 4.69) is 5.32 Å². The average Bonchev–Trinajstić information content (AvgIpc) is 2.78. The molecule has 1 aliphatic carbocycles. The van der Waals surface area contributed by atoms with Gasteiger partial charge >= 0.3 is 23.9 Å². The molecule has 0 aliphatic heterocycles. The maximum Gasteiger partial charge on any atom is 0.338 e. The third kappa shape index (κ3) is 6.89. The van der Waals surface area contributed by atoms with Crippen molar-refractivity contribution in [2.24, 2.45) is 0 Å². The lowest BCUT2D eigenvalue weighted by Gasteiger charge is -2.26. The van der Waals surface area contributed by atoms with Crippen LogP contribution >= 0.6 is 0 Å². The van der Waals surface area contributed by atoms with Gasteiger partial charge in [0.1, 0.15) is 0 Å². The number of hydrogen-bond donors (Lipinski definition) is 1. The molecule has 2 aromatic carbocycles. The third-order valence-corrected chi connectivity index (χ3v) is 5.05. The normalized spacial score (nSPS) is 14.2. The van der Waals surface area contributed by atoms with Crippen molar-refractivity contribution in [1.29, 1.82) is 0 Å². The predicted octanol–water partition coefficient (Wildman–Crippen LogP) is 2.81. The summed E-state index contributed by atoms with van der Waals surface area (Å²) in [5.74, 6) is -4.77. The van der Waals surface area contributed by atoms with E-state index in [1.165, 1.54) is 5.56 Å². The highest BCUT2D eigenvalue weighted by Gasteiger charge is 2.25. The summed E-state index contributed by atoms with van der Waals surface area (Å²) in [6, 6.07) is 9.84. The summed E-state index contributed by atoms with van der Waals surface area (Å²) in [4.78, 5) is 59.7. The van der Waals surface area contributed by atoms with Gasteiger partial charge in [0, 0.05) is 20.8 Å². The van der Waals surface area contributed by atoms with E-state index in [0.717, 1.165) is 57.7 Å². The minimum atomic E-state index is -0.944. The van der Waals surface area contributed by atoms with Crippen molar-refractivity contribution in [3.63, 3.8) is 0 Å². The van der Waals surface area contributed by atoms with E-state index < -0.39 is 36.4 Å². The van der Waals surface area contributed by atoms with Crippen molar-refractivity contribution in [3.8, 4) is 17.2 Å². The lowest BCUT2D eigenvalue weighted by Crippen LogP contribution is -2.34. The number of nitrogens with one attached hydrogen (secondary N) is 1. The van der Waals surface area contributed by atoms with E-state index >= 15 is 0 Å². The van der Waals surface area contributed by atoms with Crippen LogP contribution in [0, 0.1) is 0 Å². The highest BCUT2D eigenvalue weighted by atomic mass is 16.6. The highest BCUT2D eigenvalue weighted by Crippen LogP contribution is 2.39. The summed E-state index contributed by atoms with van der Waals surface area (Å²) >= 11 is 0. The topological polar surface area (TPSA) is 134 Å². The fraction of sp³-hybridized carbons (Fsp3) is 0.320. The van der Waals surface area contributed by atoms with Gasteiger partial charge in [-0.2, -0.15) is 0 Å². The second-order valence-corrected chi connectivity index (χ2v) is 7.87. The van der Waals surface area contributed by atoms with E-state index in [4.69, 9.17) is 18.9 Å². The maximum absolute atomic E-state index is 12.7. The standard InChI is InChI=1S/C25H25NO9/c1-14(27)33-21-11-18(12-22(34-15(2)28)24(21)35-16(3)29)25(31)32-13-23(30)26-20-10-6-8-17-7-4-5-9-19(17)20/h4-5,7,9,11-12,20H,6,8,10,13H2,1-3H3,(H,26,30)/t20-/m0/s1. The van der Waals surface area contributed by atoms with Gasteiger partial charge in [-0.15, -0.1) is 0 Å². The maximum atomic E-state index is 12.7. The Labute approximate surface area is 201 Å². The Bertz CT molecular complexity index is 1130.